The van der Waals surface area contributed by atoms with Crippen LogP contribution >= 0.6 is 0 Å². The lowest BCUT2D eigenvalue weighted by molar-refractivity contribution is 0.166. The summed E-state index contributed by atoms with van der Waals surface area (Å²) < 4.78 is 23.1. The van der Waals surface area contributed by atoms with Crippen molar-refractivity contribution in [2.45, 2.75) is 18.2 Å². The highest BCUT2D eigenvalue weighted by molar-refractivity contribution is 7.91. The van der Waals surface area contributed by atoms with Gasteiger partial charge in [-0.05, 0) is 11.1 Å². The van der Waals surface area contributed by atoms with Crippen molar-refractivity contribution in [1.82, 2.24) is 10.6 Å². The highest BCUT2D eigenvalue weighted by Gasteiger charge is 2.35. The van der Waals surface area contributed by atoms with Crippen molar-refractivity contribution in [1.29, 1.82) is 0 Å². The second kappa shape index (κ2) is 8.10. The number of hydrogen-bond acceptors (Lipinski definition) is 5. The SMILES string of the molecule is O=S1(=O)C[C@@H](O)[C@H](NCCNC(c2ccccc2)c2ccccc2)C1. The summed E-state index contributed by atoms with van der Waals surface area (Å²) in [6.07, 6.45) is -0.816. The van der Waals surface area contributed by atoms with E-state index in [4.69, 9.17) is 0 Å². The molecule has 0 bridgehead atoms. The smallest absolute Gasteiger partial charge is 0.154 e. The minimum atomic E-state index is -3.12. The average Bonchev–Trinajstić information content (AvgIpc) is 2.88. The van der Waals surface area contributed by atoms with Gasteiger partial charge in [0.2, 0.25) is 0 Å². The molecule has 1 saturated heterocycles. The maximum absolute atomic E-state index is 11.5. The van der Waals surface area contributed by atoms with Gasteiger partial charge in [-0.1, -0.05) is 60.7 Å². The van der Waals surface area contributed by atoms with E-state index in [1.165, 1.54) is 11.1 Å². The Balaban J connectivity index is 1.59. The summed E-state index contributed by atoms with van der Waals surface area (Å²) in [7, 11) is -3.12. The van der Waals surface area contributed by atoms with Gasteiger partial charge < -0.3 is 15.7 Å². The largest absolute Gasteiger partial charge is 0.390 e. The lowest BCUT2D eigenvalue weighted by Crippen LogP contribution is -2.42. The molecule has 0 radical (unpaired) electrons. The van der Waals surface area contributed by atoms with Crippen LogP contribution in [0.3, 0.4) is 0 Å². The zero-order chi connectivity index (χ0) is 17.7. The van der Waals surface area contributed by atoms with Crippen LogP contribution in [0.25, 0.3) is 0 Å². The summed E-state index contributed by atoms with van der Waals surface area (Å²) in [5.41, 5.74) is 2.36. The first-order chi connectivity index (χ1) is 12.1. The summed E-state index contributed by atoms with van der Waals surface area (Å²) in [6.45, 7) is 1.26. The molecule has 1 aliphatic heterocycles. The van der Waals surface area contributed by atoms with Gasteiger partial charge in [-0.25, -0.2) is 8.42 Å². The van der Waals surface area contributed by atoms with E-state index < -0.39 is 15.9 Å². The number of sulfone groups is 1. The van der Waals surface area contributed by atoms with Crippen LogP contribution in [0.2, 0.25) is 0 Å². The maximum Gasteiger partial charge on any atom is 0.154 e. The minimum absolute atomic E-state index is 0.00889. The Morgan fingerprint density at radius 1 is 0.920 bits per heavy atom. The van der Waals surface area contributed by atoms with E-state index in [0.717, 1.165) is 0 Å². The Hall–Kier alpha value is -1.73. The molecule has 1 heterocycles. The van der Waals surface area contributed by atoms with Crippen LogP contribution in [-0.4, -0.2) is 50.3 Å². The highest BCUT2D eigenvalue weighted by atomic mass is 32.2. The average molecular weight is 360 g/mol. The summed E-state index contributed by atoms with van der Waals surface area (Å²) in [5, 5.41) is 16.5. The van der Waals surface area contributed by atoms with Gasteiger partial charge in [0.25, 0.3) is 0 Å². The molecular formula is C19H24N2O3S. The molecule has 2 atom stereocenters. The maximum atomic E-state index is 11.5. The Kier molecular flexibility index (Phi) is 5.86. The molecule has 0 saturated carbocycles. The van der Waals surface area contributed by atoms with E-state index in [2.05, 4.69) is 34.9 Å². The predicted molar refractivity (Wildman–Crippen MR) is 99.2 cm³/mol. The molecular weight excluding hydrogens is 336 g/mol. The molecule has 134 valence electrons. The van der Waals surface area contributed by atoms with Crippen LogP contribution in [-0.2, 0) is 9.84 Å². The molecule has 3 rings (SSSR count). The number of benzene rings is 2. The number of hydrogen-bond donors (Lipinski definition) is 3. The fraction of sp³-hybridized carbons (Fsp3) is 0.368. The van der Waals surface area contributed by atoms with Gasteiger partial charge >= 0.3 is 0 Å². The van der Waals surface area contributed by atoms with Gasteiger partial charge in [-0.15, -0.1) is 0 Å². The Bertz CT molecular complexity index is 726. The number of rotatable bonds is 7. The first-order valence-corrected chi connectivity index (χ1v) is 10.3. The lowest BCUT2D eigenvalue weighted by Gasteiger charge is -2.21. The Labute approximate surface area is 149 Å². The first-order valence-electron chi connectivity index (χ1n) is 8.50. The molecule has 0 spiro atoms. The third kappa shape index (κ3) is 4.89. The molecule has 0 aromatic heterocycles. The van der Waals surface area contributed by atoms with Crippen LogP contribution < -0.4 is 10.6 Å². The van der Waals surface area contributed by atoms with Crippen LogP contribution in [0.5, 0.6) is 0 Å². The van der Waals surface area contributed by atoms with Crippen molar-refractivity contribution in [3.05, 3.63) is 71.8 Å². The molecule has 0 amide bonds. The third-order valence-corrected chi connectivity index (χ3v) is 6.18. The summed E-state index contributed by atoms with van der Waals surface area (Å²) >= 11 is 0. The molecule has 1 aliphatic rings. The van der Waals surface area contributed by atoms with Crippen molar-refractivity contribution in [3.63, 3.8) is 0 Å². The monoisotopic (exact) mass is 360 g/mol. The van der Waals surface area contributed by atoms with Crippen LogP contribution in [0.1, 0.15) is 17.2 Å². The topological polar surface area (TPSA) is 78.4 Å². The fourth-order valence-electron chi connectivity index (χ4n) is 3.22. The van der Waals surface area contributed by atoms with E-state index in [9.17, 15) is 13.5 Å². The zero-order valence-corrected chi connectivity index (χ0v) is 14.8. The highest BCUT2D eigenvalue weighted by Crippen LogP contribution is 2.21. The van der Waals surface area contributed by atoms with E-state index in [1.807, 2.05) is 36.4 Å². The summed E-state index contributed by atoms with van der Waals surface area (Å²) in [6, 6.07) is 20.1. The summed E-state index contributed by atoms with van der Waals surface area (Å²) in [4.78, 5) is 0. The fourth-order valence-corrected chi connectivity index (χ4v) is 4.99. The van der Waals surface area contributed by atoms with E-state index in [1.54, 1.807) is 0 Å². The third-order valence-electron chi connectivity index (χ3n) is 4.47. The van der Waals surface area contributed by atoms with Crippen molar-refractivity contribution < 1.29 is 13.5 Å². The quantitative estimate of drug-likeness (QED) is 0.645. The zero-order valence-electron chi connectivity index (χ0n) is 14.0. The standard InChI is InChI=1S/C19H24N2O3S/c22-18-14-25(23,24)13-17(18)20-11-12-21-19(15-7-3-1-4-8-15)16-9-5-2-6-10-16/h1-10,17-22H,11-14H2/t17-,18-/m1/s1. The lowest BCUT2D eigenvalue weighted by atomic mass is 9.99. The number of aliphatic hydroxyl groups is 1. The van der Waals surface area contributed by atoms with Gasteiger partial charge in [-0.2, -0.15) is 0 Å². The molecule has 0 unspecified atom stereocenters. The second-order valence-electron chi connectivity index (χ2n) is 6.41. The molecule has 25 heavy (non-hydrogen) atoms. The van der Waals surface area contributed by atoms with Gasteiger partial charge in [0.1, 0.15) is 0 Å². The van der Waals surface area contributed by atoms with Gasteiger partial charge in [-0.3, -0.25) is 0 Å². The van der Waals surface area contributed by atoms with Crippen molar-refractivity contribution in [2.24, 2.45) is 0 Å². The molecule has 2 aromatic carbocycles. The molecule has 3 N–H and O–H groups in total. The normalized spacial score (nSPS) is 22.3. The van der Waals surface area contributed by atoms with E-state index in [0.29, 0.717) is 13.1 Å². The first kappa shape index (κ1) is 18.1. The molecule has 5 nitrogen and oxygen atoms in total. The van der Waals surface area contributed by atoms with E-state index >= 15 is 0 Å². The Morgan fingerprint density at radius 3 is 1.96 bits per heavy atom. The molecule has 2 aromatic rings. The van der Waals surface area contributed by atoms with Crippen LogP contribution in [0.4, 0.5) is 0 Å². The molecule has 1 fully saturated rings. The van der Waals surface area contributed by atoms with Gasteiger partial charge in [0.05, 0.1) is 23.7 Å². The Morgan fingerprint density at radius 2 is 1.48 bits per heavy atom. The van der Waals surface area contributed by atoms with Crippen molar-refractivity contribution in [2.75, 3.05) is 24.6 Å². The molecule has 0 aliphatic carbocycles. The molecule has 6 heteroatoms. The second-order valence-corrected chi connectivity index (χ2v) is 8.57. The van der Waals surface area contributed by atoms with Gasteiger partial charge in [0.15, 0.2) is 9.84 Å². The van der Waals surface area contributed by atoms with Gasteiger partial charge in [0, 0.05) is 19.1 Å². The summed E-state index contributed by atoms with van der Waals surface area (Å²) in [5.74, 6) is -0.135. The number of nitrogens with one attached hydrogen (secondary N) is 2. The van der Waals surface area contributed by atoms with E-state index in [-0.39, 0.29) is 23.6 Å². The van der Waals surface area contributed by atoms with Crippen molar-refractivity contribution >= 4 is 9.84 Å². The predicted octanol–water partition coefficient (Wildman–Crippen LogP) is 1.11. The van der Waals surface area contributed by atoms with Crippen LogP contribution in [0.15, 0.2) is 60.7 Å². The van der Waals surface area contributed by atoms with Crippen molar-refractivity contribution in [3.8, 4) is 0 Å². The van der Waals surface area contributed by atoms with Crippen LogP contribution in [0, 0.1) is 0 Å². The number of aliphatic hydroxyl groups excluding tert-OH is 1. The minimum Gasteiger partial charge on any atom is -0.390 e.